The summed E-state index contributed by atoms with van der Waals surface area (Å²) in [6.07, 6.45) is 0.674. The van der Waals surface area contributed by atoms with Gasteiger partial charge in [-0.15, -0.1) is 11.6 Å². The molecule has 0 heterocycles. The minimum absolute atomic E-state index is 0.0120. The van der Waals surface area contributed by atoms with Crippen molar-refractivity contribution in [3.8, 4) is 11.5 Å². The van der Waals surface area contributed by atoms with E-state index in [1.807, 2.05) is 0 Å². The molecule has 0 unspecified atom stereocenters. The van der Waals surface area contributed by atoms with Crippen LogP contribution in [0.3, 0.4) is 0 Å². The van der Waals surface area contributed by atoms with Crippen LogP contribution >= 0.6 is 11.6 Å². The molecule has 8 nitrogen and oxygen atoms in total. The lowest BCUT2D eigenvalue weighted by atomic mass is 10.3. The van der Waals surface area contributed by atoms with Gasteiger partial charge in [0.1, 0.15) is 0 Å². The molecular weight excluding hydrogens is 340 g/mol. The Balaban J connectivity index is 0.000000254. The molecule has 0 radical (unpaired) electrons. The lowest BCUT2D eigenvalue weighted by Gasteiger charge is -2.04. The molecule has 0 saturated heterocycles. The Bertz CT molecular complexity index is 695. The van der Waals surface area contributed by atoms with Crippen molar-refractivity contribution in [1.29, 1.82) is 0 Å². The van der Waals surface area contributed by atoms with Crippen molar-refractivity contribution < 1.29 is 19.7 Å². The lowest BCUT2D eigenvalue weighted by Crippen LogP contribution is -2.00. The van der Waals surface area contributed by atoms with E-state index in [0.29, 0.717) is 24.7 Å². The molecule has 0 amide bonds. The van der Waals surface area contributed by atoms with Crippen molar-refractivity contribution in [3.63, 3.8) is 0 Å². The van der Waals surface area contributed by atoms with Gasteiger partial charge in [-0.05, 0) is 18.6 Å². The Hall–Kier alpha value is -2.87. The highest BCUT2D eigenvalue weighted by Crippen LogP contribution is 2.25. The number of ether oxygens (including phenoxy) is 1. The fraction of sp³-hybridized carbons (Fsp3) is 0.200. The number of hydrogen-bond donors (Lipinski definition) is 1. The molecular formula is C15H15ClN2O6. The van der Waals surface area contributed by atoms with Gasteiger partial charge < -0.3 is 9.84 Å². The van der Waals surface area contributed by atoms with Crippen LogP contribution in [0.4, 0.5) is 11.4 Å². The summed E-state index contributed by atoms with van der Waals surface area (Å²) in [5.41, 5.74) is -0.274. The number of hydrogen-bond acceptors (Lipinski definition) is 6. The highest BCUT2D eigenvalue weighted by Gasteiger charge is 2.12. The number of alkyl halides is 1. The Morgan fingerprint density at radius 2 is 1.50 bits per heavy atom. The van der Waals surface area contributed by atoms with Crippen LogP contribution in [0.5, 0.6) is 11.5 Å². The molecule has 128 valence electrons. The zero-order chi connectivity index (χ0) is 17.9. The normalized spacial score (nSPS) is 9.54. The summed E-state index contributed by atoms with van der Waals surface area (Å²) >= 11 is 5.46. The lowest BCUT2D eigenvalue weighted by molar-refractivity contribution is -0.386. The fourth-order valence-electron chi connectivity index (χ4n) is 1.59. The summed E-state index contributed by atoms with van der Waals surface area (Å²) in [7, 11) is 0. The molecule has 0 aliphatic rings. The number of nitro benzene ring substituents is 2. The van der Waals surface area contributed by atoms with E-state index in [9.17, 15) is 20.2 Å². The van der Waals surface area contributed by atoms with Crippen molar-refractivity contribution in [1.82, 2.24) is 0 Å². The SMILES string of the molecule is O=[N+]([O-])c1ccccc1O.O=[N+]([O-])c1ccccc1OCCCCl. The van der Waals surface area contributed by atoms with Crippen molar-refractivity contribution in [2.24, 2.45) is 0 Å². The smallest absolute Gasteiger partial charge is 0.310 e. The molecule has 0 saturated carbocycles. The van der Waals surface area contributed by atoms with Gasteiger partial charge in [0.05, 0.1) is 16.5 Å². The molecule has 9 heteroatoms. The number of para-hydroxylation sites is 4. The first-order valence-electron chi connectivity index (χ1n) is 6.82. The van der Waals surface area contributed by atoms with Gasteiger partial charge in [0.2, 0.25) is 0 Å². The van der Waals surface area contributed by atoms with E-state index >= 15 is 0 Å². The van der Waals surface area contributed by atoms with Gasteiger partial charge in [-0.3, -0.25) is 20.2 Å². The van der Waals surface area contributed by atoms with Crippen LogP contribution in [0, 0.1) is 20.2 Å². The third-order valence-electron chi connectivity index (χ3n) is 2.68. The van der Waals surface area contributed by atoms with Crippen LogP contribution in [0.15, 0.2) is 48.5 Å². The van der Waals surface area contributed by atoms with Crippen molar-refractivity contribution >= 4 is 23.0 Å². The molecule has 0 spiro atoms. The van der Waals surface area contributed by atoms with Gasteiger partial charge >= 0.3 is 11.4 Å². The number of nitrogens with zero attached hydrogens (tertiary/aromatic N) is 2. The zero-order valence-electron chi connectivity index (χ0n) is 12.5. The summed E-state index contributed by atoms with van der Waals surface area (Å²) in [5, 5.41) is 29.5. The second-order valence-electron chi connectivity index (χ2n) is 4.36. The van der Waals surface area contributed by atoms with E-state index in [0.717, 1.165) is 0 Å². The van der Waals surface area contributed by atoms with E-state index in [-0.39, 0.29) is 17.1 Å². The van der Waals surface area contributed by atoms with Crippen LogP contribution in [-0.4, -0.2) is 27.4 Å². The van der Waals surface area contributed by atoms with E-state index in [2.05, 4.69) is 0 Å². The van der Waals surface area contributed by atoms with Gasteiger partial charge in [0.25, 0.3) is 0 Å². The molecule has 0 bridgehead atoms. The van der Waals surface area contributed by atoms with Gasteiger partial charge in [-0.2, -0.15) is 0 Å². The second kappa shape index (κ2) is 10.0. The summed E-state index contributed by atoms with van der Waals surface area (Å²) in [5.74, 6) is 0.482. The Morgan fingerprint density at radius 3 is 2.00 bits per heavy atom. The first-order chi connectivity index (χ1) is 11.5. The van der Waals surface area contributed by atoms with E-state index in [1.165, 1.54) is 30.3 Å². The molecule has 0 aromatic heterocycles. The van der Waals surface area contributed by atoms with Gasteiger partial charge in [0.15, 0.2) is 11.5 Å². The van der Waals surface area contributed by atoms with Crippen LogP contribution in [0.1, 0.15) is 6.42 Å². The standard InChI is InChI=1S/C9H10ClNO3.C6H5NO3/c10-6-3-7-14-9-5-2-1-4-8(9)11(12)13;8-6-4-2-1-3-5(6)7(9)10/h1-2,4-5H,3,6-7H2;1-4,8H. The molecule has 0 fully saturated rings. The summed E-state index contributed by atoms with van der Waals surface area (Å²) in [6.45, 7) is 0.397. The van der Waals surface area contributed by atoms with Gasteiger partial charge in [-0.25, -0.2) is 0 Å². The fourth-order valence-corrected chi connectivity index (χ4v) is 1.69. The average molecular weight is 355 g/mol. The molecule has 2 aromatic rings. The van der Waals surface area contributed by atoms with Crippen molar-refractivity contribution in [3.05, 3.63) is 68.8 Å². The second-order valence-corrected chi connectivity index (χ2v) is 4.74. The van der Waals surface area contributed by atoms with Crippen LogP contribution in [0.2, 0.25) is 0 Å². The monoisotopic (exact) mass is 354 g/mol. The molecule has 0 aliphatic heterocycles. The first kappa shape index (κ1) is 19.2. The minimum atomic E-state index is -0.630. The number of nitro groups is 2. The average Bonchev–Trinajstić information content (AvgIpc) is 2.56. The highest BCUT2D eigenvalue weighted by atomic mass is 35.5. The molecule has 2 rings (SSSR count). The van der Waals surface area contributed by atoms with Crippen LogP contribution in [-0.2, 0) is 0 Å². The van der Waals surface area contributed by atoms with E-state index in [4.69, 9.17) is 21.4 Å². The predicted molar refractivity (Wildman–Crippen MR) is 88.7 cm³/mol. The number of benzene rings is 2. The molecule has 24 heavy (non-hydrogen) atoms. The Labute approximate surface area is 142 Å². The molecule has 0 atom stereocenters. The largest absolute Gasteiger partial charge is 0.502 e. The number of rotatable bonds is 6. The third-order valence-corrected chi connectivity index (χ3v) is 2.94. The summed E-state index contributed by atoms with van der Waals surface area (Å²) < 4.78 is 5.21. The molecule has 2 aromatic carbocycles. The number of aromatic hydroxyl groups is 1. The zero-order valence-corrected chi connectivity index (χ0v) is 13.3. The predicted octanol–water partition coefficient (Wildman–Crippen LogP) is 3.90. The third kappa shape index (κ3) is 6.09. The highest BCUT2D eigenvalue weighted by molar-refractivity contribution is 6.17. The quantitative estimate of drug-likeness (QED) is 0.364. The minimum Gasteiger partial charge on any atom is -0.502 e. The Morgan fingerprint density at radius 1 is 0.958 bits per heavy atom. The van der Waals surface area contributed by atoms with Gasteiger partial charge in [-0.1, -0.05) is 24.3 Å². The maximum absolute atomic E-state index is 10.6. The van der Waals surface area contributed by atoms with E-state index in [1.54, 1.807) is 18.2 Å². The Kier molecular flexibility index (Phi) is 8.00. The molecule has 1 N–H and O–H groups in total. The number of halogens is 1. The number of phenols is 1. The maximum atomic E-state index is 10.6. The van der Waals surface area contributed by atoms with Crippen LogP contribution in [0.25, 0.3) is 0 Å². The first-order valence-corrected chi connectivity index (χ1v) is 7.35. The van der Waals surface area contributed by atoms with Crippen molar-refractivity contribution in [2.45, 2.75) is 6.42 Å². The maximum Gasteiger partial charge on any atom is 0.310 e. The number of phenolic OH excluding ortho intramolecular Hbond substituents is 1. The molecule has 0 aliphatic carbocycles. The topological polar surface area (TPSA) is 116 Å². The van der Waals surface area contributed by atoms with Gasteiger partial charge in [0, 0.05) is 18.0 Å². The van der Waals surface area contributed by atoms with Crippen LogP contribution < -0.4 is 4.74 Å². The summed E-state index contributed by atoms with van der Waals surface area (Å²) in [6, 6.07) is 11.8. The van der Waals surface area contributed by atoms with E-state index < -0.39 is 9.85 Å². The van der Waals surface area contributed by atoms with Crippen molar-refractivity contribution in [2.75, 3.05) is 12.5 Å². The summed E-state index contributed by atoms with van der Waals surface area (Å²) in [4.78, 5) is 19.5.